The maximum absolute atomic E-state index is 4.61. The summed E-state index contributed by atoms with van der Waals surface area (Å²) in [6, 6.07) is 10.9. The predicted octanol–water partition coefficient (Wildman–Crippen LogP) is 2.44. The van der Waals surface area contributed by atoms with Crippen molar-refractivity contribution in [1.29, 1.82) is 0 Å². The van der Waals surface area contributed by atoms with Crippen molar-refractivity contribution in [3.05, 3.63) is 47.2 Å². The highest BCUT2D eigenvalue weighted by atomic mass is 15.4. The summed E-state index contributed by atoms with van der Waals surface area (Å²) in [5.74, 6) is 1.91. The van der Waals surface area contributed by atoms with Crippen molar-refractivity contribution in [2.24, 2.45) is 7.05 Å². The van der Waals surface area contributed by atoms with E-state index in [0.717, 1.165) is 25.3 Å². The fourth-order valence-corrected chi connectivity index (χ4v) is 3.42. The van der Waals surface area contributed by atoms with Crippen LogP contribution in [0.15, 0.2) is 30.3 Å². The second-order valence-electron chi connectivity index (χ2n) is 5.88. The molecule has 112 valence electrons. The van der Waals surface area contributed by atoms with E-state index in [4.69, 9.17) is 0 Å². The Bertz CT molecular complexity index is 603. The predicted molar refractivity (Wildman–Crippen MR) is 86.7 cm³/mol. The fraction of sp³-hybridized carbons (Fsp3) is 0.471. The number of rotatable bonds is 4. The lowest BCUT2D eigenvalue weighted by atomic mass is 9.99. The lowest BCUT2D eigenvalue weighted by Gasteiger charge is -2.21. The van der Waals surface area contributed by atoms with Crippen molar-refractivity contribution in [2.45, 2.75) is 25.8 Å². The number of anilines is 1. The van der Waals surface area contributed by atoms with Crippen LogP contribution in [0, 0.1) is 6.92 Å². The second-order valence-corrected chi connectivity index (χ2v) is 5.88. The number of hydrogen-bond acceptors (Lipinski definition) is 3. The number of aromatic nitrogens is 2. The molecular formula is C17H24N4. The fourth-order valence-electron chi connectivity index (χ4n) is 3.42. The molecule has 1 aromatic carbocycles. The van der Waals surface area contributed by atoms with Crippen molar-refractivity contribution >= 4 is 5.82 Å². The van der Waals surface area contributed by atoms with E-state index in [9.17, 15) is 0 Å². The van der Waals surface area contributed by atoms with Gasteiger partial charge in [-0.1, -0.05) is 30.3 Å². The van der Waals surface area contributed by atoms with Crippen LogP contribution in [0.4, 0.5) is 5.82 Å². The van der Waals surface area contributed by atoms with Crippen LogP contribution >= 0.6 is 0 Å². The number of hydrogen-bond donors (Lipinski definition) is 1. The van der Waals surface area contributed by atoms with E-state index in [1.54, 1.807) is 0 Å². The van der Waals surface area contributed by atoms with Gasteiger partial charge in [0.2, 0.25) is 0 Å². The normalized spacial score (nSPS) is 18.4. The van der Waals surface area contributed by atoms with Gasteiger partial charge in [-0.3, -0.25) is 4.68 Å². The molecule has 0 radical (unpaired) electrons. The second kappa shape index (κ2) is 5.90. The van der Waals surface area contributed by atoms with Crippen LogP contribution in [0.2, 0.25) is 0 Å². The molecular weight excluding hydrogens is 260 g/mol. The van der Waals surface area contributed by atoms with Crippen LogP contribution in [-0.4, -0.2) is 29.9 Å². The first kappa shape index (κ1) is 14.1. The largest absolute Gasteiger partial charge is 0.356 e. The molecule has 1 aliphatic rings. The zero-order valence-electron chi connectivity index (χ0n) is 13.1. The average molecular weight is 284 g/mol. The minimum Gasteiger partial charge on any atom is -0.356 e. The SMILES string of the molecule is CNCc1c(C)nn(C)c1N1CCC(c2ccccc2)C1. The molecule has 0 spiro atoms. The molecule has 1 N–H and O–H groups in total. The maximum Gasteiger partial charge on any atom is 0.131 e. The van der Waals surface area contributed by atoms with Crippen LogP contribution < -0.4 is 10.2 Å². The summed E-state index contributed by atoms with van der Waals surface area (Å²) in [4.78, 5) is 2.49. The van der Waals surface area contributed by atoms with Crippen LogP contribution in [-0.2, 0) is 13.6 Å². The Morgan fingerprint density at radius 1 is 1.29 bits per heavy atom. The minimum absolute atomic E-state index is 0.629. The first-order chi connectivity index (χ1) is 10.2. The molecule has 1 aromatic heterocycles. The Hall–Kier alpha value is -1.81. The number of benzene rings is 1. The third kappa shape index (κ3) is 2.68. The van der Waals surface area contributed by atoms with Gasteiger partial charge in [0, 0.05) is 38.2 Å². The van der Waals surface area contributed by atoms with Gasteiger partial charge >= 0.3 is 0 Å². The maximum atomic E-state index is 4.61. The molecule has 2 aromatic rings. The molecule has 1 fully saturated rings. The van der Waals surface area contributed by atoms with Crippen LogP contribution in [0.3, 0.4) is 0 Å². The summed E-state index contributed by atoms with van der Waals surface area (Å²) in [5.41, 5.74) is 3.91. The zero-order valence-corrected chi connectivity index (χ0v) is 13.1. The monoisotopic (exact) mass is 284 g/mol. The highest BCUT2D eigenvalue weighted by Crippen LogP contribution is 2.33. The molecule has 1 aliphatic heterocycles. The Morgan fingerprint density at radius 3 is 2.76 bits per heavy atom. The van der Waals surface area contributed by atoms with Gasteiger partial charge in [-0.15, -0.1) is 0 Å². The van der Waals surface area contributed by atoms with E-state index in [1.807, 2.05) is 11.7 Å². The van der Waals surface area contributed by atoms with Gasteiger partial charge in [-0.25, -0.2) is 0 Å². The Labute approximate surface area is 126 Å². The number of nitrogens with zero attached hydrogens (tertiary/aromatic N) is 3. The summed E-state index contributed by atoms with van der Waals surface area (Å²) >= 11 is 0. The lowest BCUT2D eigenvalue weighted by molar-refractivity contribution is 0.722. The molecule has 0 aliphatic carbocycles. The Balaban J connectivity index is 1.83. The smallest absolute Gasteiger partial charge is 0.131 e. The molecule has 21 heavy (non-hydrogen) atoms. The summed E-state index contributed by atoms with van der Waals surface area (Å²) in [7, 11) is 4.05. The van der Waals surface area contributed by atoms with Gasteiger partial charge in [-0.05, 0) is 26.0 Å². The minimum atomic E-state index is 0.629. The first-order valence-electron chi connectivity index (χ1n) is 7.67. The molecule has 1 saturated heterocycles. The summed E-state index contributed by atoms with van der Waals surface area (Å²) in [6.45, 7) is 5.16. The molecule has 2 heterocycles. The number of aryl methyl sites for hydroxylation is 2. The van der Waals surface area contributed by atoms with E-state index < -0.39 is 0 Å². The van der Waals surface area contributed by atoms with Crippen molar-refractivity contribution in [2.75, 3.05) is 25.0 Å². The van der Waals surface area contributed by atoms with E-state index in [-0.39, 0.29) is 0 Å². The standard InChI is InChI=1S/C17H24N4/c1-13-16(11-18-2)17(20(3)19-13)21-10-9-15(12-21)14-7-5-4-6-8-14/h4-8,15,18H,9-12H2,1-3H3. The molecule has 0 amide bonds. The molecule has 0 bridgehead atoms. The van der Waals surface area contributed by atoms with Gasteiger partial charge in [0.25, 0.3) is 0 Å². The Kier molecular flexibility index (Phi) is 3.97. The Morgan fingerprint density at radius 2 is 2.05 bits per heavy atom. The third-order valence-electron chi connectivity index (χ3n) is 4.43. The first-order valence-corrected chi connectivity index (χ1v) is 7.67. The van der Waals surface area contributed by atoms with Crippen LogP contribution in [0.1, 0.15) is 29.2 Å². The third-order valence-corrected chi connectivity index (χ3v) is 4.43. The molecule has 0 saturated carbocycles. The van der Waals surface area contributed by atoms with Gasteiger partial charge in [0.1, 0.15) is 5.82 Å². The highest BCUT2D eigenvalue weighted by molar-refractivity contribution is 5.51. The molecule has 1 unspecified atom stereocenters. The average Bonchev–Trinajstić information content (AvgIpc) is 3.06. The van der Waals surface area contributed by atoms with Gasteiger partial charge in [-0.2, -0.15) is 5.10 Å². The van der Waals surface area contributed by atoms with Crippen molar-refractivity contribution < 1.29 is 0 Å². The van der Waals surface area contributed by atoms with Crippen molar-refractivity contribution in [1.82, 2.24) is 15.1 Å². The van der Waals surface area contributed by atoms with E-state index in [1.165, 1.54) is 23.4 Å². The number of nitrogens with one attached hydrogen (secondary N) is 1. The molecule has 4 heteroatoms. The zero-order chi connectivity index (χ0) is 14.8. The van der Waals surface area contributed by atoms with E-state index in [2.05, 4.69) is 59.6 Å². The van der Waals surface area contributed by atoms with Crippen LogP contribution in [0.25, 0.3) is 0 Å². The van der Waals surface area contributed by atoms with E-state index in [0.29, 0.717) is 5.92 Å². The van der Waals surface area contributed by atoms with E-state index >= 15 is 0 Å². The van der Waals surface area contributed by atoms with Gasteiger partial charge in [0.05, 0.1) is 5.69 Å². The topological polar surface area (TPSA) is 33.1 Å². The molecule has 1 atom stereocenters. The van der Waals surface area contributed by atoms with Crippen molar-refractivity contribution in [3.63, 3.8) is 0 Å². The summed E-state index contributed by atoms with van der Waals surface area (Å²) < 4.78 is 2.04. The van der Waals surface area contributed by atoms with Crippen molar-refractivity contribution in [3.8, 4) is 0 Å². The summed E-state index contributed by atoms with van der Waals surface area (Å²) in [6.07, 6.45) is 1.22. The quantitative estimate of drug-likeness (QED) is 0.936. The molecule has 4 nitrogen and oxygen atoms in total. The van der Waals surface area contributed by atoms with Gasteiger partial charge < -0.3 is 10.2 Å². The van der Waals surface area contributed by atoms with Gasteiger partial charge in [0.15, 0.2) is 0 Å². The summed E-state index contributed by atoms with van der Waals surface area (Å²) in [5, 5.41) is 7.87. The highest BCUT2D eigenvalue weighted by Gasteiger charge is 2.28. The molecule has 3 rings (SSSR count). The lowest BCUT2D eigenvalue weighted by Crippen LogP contribution is -2.24. The van der Waals surface area contributed by atoms with Crippen LogP contribution in [0.5, 0.6) is 0 Å².